The fourth-order valence-electron chi connectivity index (χ4n) is 3.69. The molecule has 0 spiro atoms. The van der Waals surface area contributed by atoms with Crippen LogP contribution < -0.4 is 19.1 Å². The number of hydrogen-bond acceptors (Lipinski definition) is 5. The van der Waals surface area contributed by atoms with E-state index in [1.54, 1.807) is 24.3 Å². The molecule has 168 valence electrons. The van der Waals surface area contributed by atoms with Crippen molar-refractivity contribution in [1.82, 2.24) is 5.32 Å². The molecule has 0 unspecified atom stereocenters. The maximum absolute atomic E-state index is 12.9. The number of ether oxygens (including phenoxy) is 2. The first-order chi connectivity index (χ1) is 14.4. The zero-order valence-corrected chi connectivity index (χ0v) is 19.4. The van der Waals surface area contributed by atoms with Gasteiger partial charge in [-0.3, -0.25) is 9.10 Å². The lowest BCUT2D eigenvalue weighted by Gasteiger charge is -2.38. The highest BCUT2D eigenvalue weighted by Gasteiger charge is 2.35. The van der Waals surface area contributed by atoms with Crippen LogP contribution in [0.15, 0.2) is 48.5 Å². The zero-order chi connectivity index (χ0) is 22.8. The molecule has 8 heteroatoms. The molecule has 0 aliphatic carbocycles. The fraction of sp³-hybridized carbons (Fsp3) is 0.435. The van der Waals surface area contributed by atoms with Crippen molar-refractivity contribution in [1.29, 1.82) is 0 Å². The fourth-order valence-corrected chi connectivity index (χ4v) is 4.53. The number of sulfonamides is 1. The molecular weight excluding hydrogens is 416 g/mol. The summed E-state index contributed by atoms with van der Waals surface area (Å²) in [4.78, 5) is 12.9. The minimum Gasteiger partial charge on any atom is -0.491 e. The normalized spacial score (nSPS) is 17.4. The highest BCUT2D eigenvalue weighted by atomic mass is 32.2. The molecule has 1 aliphatic rings. The summed E-state index contributed by atoms with van der Waals surface area (Å²) in [6, 6.07) is 14.0. The van der Waals surface area contributed by atoms with E-state index in [2.05, 4.69) is 5.32 Å². The van der Waals surface area contributed by atoms with Crippen LogP contribution in [0.5, 0.6) is 11.5 Å². The van der Waals surface area contributed by atoms with Crippen LogP contribution in [0.25, 0.3) is 0 Å². The summed E-state index contributed by atoms with van der Waals surface area (Å²) in [6.45, 7) is 7.38. The van der Waals surface area contributed by atoms with Gasteiger partial charge in [-0.15, -0.1) is 0 Å². The second kappa shape index (κ2) is 8.78. The minimum absolute atomic E-state index is 0.0535. The minimum atomic E-state index is -3.69. The number of hydrogen-bond donors (Lipinski definition) is 1. The van der Waals surface area contributed by atoms with Crippen LogP contribution in [0.4, 0.5) is 5.69 Å². The topological polar surface area (TPSA) is 84.9 Å². The van der Waals surface area contributed by atoms with Gasteiger partial charge in [-0.2, -0.15) is 0 Å². The Balaban J connectivity index is 1.81. The number of anilines is 1. The van der Waals surface area contributed by atoms with Gasteiger partial charge in [-0.25, -0.2) is 8.42 Å². The molecule has 2 aromatic carbocycles. The molecule has 1 N–H and O–H groups in total. The Morgan fingerprint density at radius 1 is 1.23 bits per heavy atom. The quantitative estimate of drug-likeness (QED) is 0.702. The van der Waals surface area contributed by atoms with E-state index in [1.165, 1.54) is 0 Å². The third-order valence-corrected chi connectivity index (χ3v) is 6.02. The van der Waals surface area contributed by atoms with Gasteiger partial charge in [0.2, 0.25) is 15.9 Å². The molecule has 0 bridgehead atoms. The van der Waals surface area contributed by atoms with Gasteiger partial charge in [0.1, 0.15) is 23.6 Å². The molecule has 2 aromatic rings. The number of para-hydroxylation sites is 1. The van der Waals surface area contributed by atoms with E-state index < -0.39 is 21.5 Å². The lowest BCUT2D eigenvalue weighted by atomic mass is 9.89. The van der Waals surface area contributed by atoms with E-state index in [-0.39, 0.29) is 18.7 Å². The van der Waals surface area contributed by atoms with E-state index in [4.69, 9.17) is 9.47 Å². The van der Waals surface area contributed by atoms with Crippen LogP contribution >= 0.6 is 0 Å². The van der Waals surface area contributed by atoms with E-state index in [1.807, 2.05) is 52.0 Å². The molecule has 1 aliphatic heterocycles. The SMILES string of the molecule is CC(C)Oc1cccc(N(CC(=O)N[C@@H]2CC(C)(C)Oc3ccccc32)S(C)(=O)=O)c1. The molecule has 0 saturated carbocycles. The monoisotopic (exact) mass is 446 g/mol. The van der Waals surface area contributed by atoms with E-state index in [0.29, 0.717) is 17.9 Å². The summed E-state index contributed by atoms with van der Waals surface area (Å²) in [7, 11) is -3.69. The third kappa shape index (κ3) is 5.91. The Morgan fingerprint density at radius 3 is 2.61 bits per heavy atom. The molecule has 3 rings (SSSR count). The maximum atomic E-state index is 12.9. The smallest absolute Gasteiger partial charge is 0.241 e. The van der Waals surface area contributed by atoms with Crippen molar-refractivity contribution in [2.75, 3.05) is 17.1 Å². The third-order valence-electron chi connectivity index (χ3n) is 4.88. The number of benzene rings is 2. The number of nitrogens with zero attached hydrogens (tertiary/aromatic N) is 1. The maximum Gasteiger partial charge on any atom is 0.241 e. The van der Waals surface area contributed by atoms with Crippen molar-refractivity contribution < 1.29 is 22.7 Å². The Morgan fingerprint density at radius 2 is 1.94 bits per heavy atom. The van der Waals surface area contributed by atoms with Gasteiger partial charge < -0.3 is 14.8 Å². The van der Waals surface area contributed by atoms with Crippen LogP contribution in [-0.2, 0) is 14.8 Å². The molecule has 0 saturated heterocycles. The summed E-state index contributed by atoms with van der Waals surface area (Å²) in [5.74, 6) is 0.877. The first-order valence-corrected chi connectivity index (χ1v) is 12.1. The Kier molecular flexibility index (Phi) is 6.50. The summed E-state index contributed by atoms with van der Waals surface area (Å²) >= 11 is 0. The van der Waals surface area contributed by atoms with Gasteiger partial charge in [-0.1, -0.05) is 24.3 Å². The standard InChI is InChI=1S/C23H30N2O5S/c1-16(2)29-18-10-8-9-17(13-18)25(31(5,27)28)15-22(26)24-20-14-23(3,4)30-21-12-7-6-11-19(20)21/h6-13,16,20H,14-15H2,1-5H3,(H,24,26)/t20-/m1/s1. The van der Waals surface area contributed by atoms with Crippen molar-refractivity contribution in [3.63, 3.8) is 0 Å². The van der Waals surface area contributed by atoms with Gasteiger partial charge in [0.15, 0.2) is 0 Å². The molecule has 31 heavy (non-hydrogen) atoms. The first kappa shape index (κ1) is 22.9. The molecular formula is C23H30N2O5S. The first-order valence-electron chi connectivity index (χ1n) is 10.3. The van der Waals surface area contributed by atoms with Gasteiger partial charge in [0.05, 0.1) is 24.1 Å². The van der Waals surface area contributed by atoms with Crippen molar-refractivity contribution >= 4 is 21.6 Å². The Hall–Kier alpha value is -2.74. The Labute approximate surface area is 184 Å². The molecule has 1 heterocycles. The number of rotatable bonds is 7. The summed E-state index contributed by atoms with van der Waals surface area (Å²) < 4.78 is 37.7. The molecule has 0 aromatic heterocycles. The van der Waals surface area contributed by atoms with Crippen molar-refractivity contribution in [3.05, 3.63) is 54.1 Å². The predicted octanol–water partition coefficient (Wildman–Crippen LogP) is 3.66. The summed E-state index contributed by atoms with van der Waals surface area (Å²) in [5, 5.41) is 2.99. The van der Waals surface area contributed by atoms with Crippen molar-refractivity contribution in [3.8, 4) is 11.5 Å². The highest BCUT2D eigenvalue weighted by molar-refractivity contribution is 7.92. The number of fused-ring (bicyclic) bond motifs is 1. The van der Waals surface area contributed by atoms with Crippen LogP contribution in [0.1, 0.15) is 45.7 Å². The van der Waals surface area contributed by atoms with Crippen LogP contribution in [0.3, 0.4) is 0 Å². The van der Waals surface area contributed by atoms with E-state index >= 15 is 0 Å². The second-order valence-electron chi connectivity index (χ2n) is 8.66. The molecule has 1 amide bonds. The van der Waals surface area contributed by atoms with Gasteiger partial charge in [-0.05, 0) is 45.9 Å². The average molecular weight is 447 g/mol. The summed E-state index contributed by atoms with van der Waals surface area (Å²) in [5.41, 5.74) is 0.808. The van der Waals surface area contributed by atoms with Crippen LogP contribution in [0, 0.1) is 0 Å². The lowest BCUT2D eigenvalue weighted by molar-refractivity contribution is -0.120. The van der Waals surface area contributed by atoms with Crippen LogP contribution in [0.2, 0.25) is 0 Å². The van der Waals surface area contributed by atoms with E-state index in [9.17, 15) is 13.2 Å². The lowest BCUT2D eigenvalue weighted by Crippen LogP contribution is -2.45. The van der Waals surface area contributed by atoms with Crippen molar-refractivity contribution in [2.24, 2.45) is 0 Å². The Bertz CT molecular complexity index is 1050. The molecule has 0 fully saturated rings. The number of nitrogens with one attached hydrogen (secondary N) is 1. The highest BCUT2D eigenvalue weighted by Crippen LogP contribution is 2.39. The summed E-state index contributed by atoms with van der Waals surface area (Å²) in [6.07, 6.45) is 1.61. The molecule has 0 radical (unpaired) electrons. The predicted molar refractivity (Wildman–Crippen MR) is 121 cm³/mol. The number of amides is 1. The largest absolute Gasteiger partial charge is 0.491 e. The molecule has 7 nitrogen and oxygen atoms in total. The number of carbonyl (C=O) groups excluding carboxylic acids is 1. The van der Waals surface area contributed by atoms with Crippen LogP contribution in [-0.4, -0.2) is 38.8 Å². The average Bonchev–Trinajstić information content (AvgIpc) is 2.64. The van der Waals surface area contributed by atoms with E-state index in [0.717, 1.165) is 21.9 Å². The second-order valence-corrected chi connectivity index (χ2v) is 10.6. The number of carbonyl (C=O) groups is 1. The zero-order valence-electron chi connectivity index (χ0n) is 18.6. The van der Waals surface area contributed by atoms with Gasteiger partial charge in [0.25, 0.3) is 0 Å². The van der Waals surface area contributed by atoms with Crippen molar-refractivity contribution in [2.45, 2.75) is 51.9 Å². The van der Waals surface area contributed by atoms with Gasteiger partial charge >= 0.3 is 0 Å². The van der Waals surface area contributed by atoms with Gasteiger partial charge in [0, 0.05) is 18.1 Å². The molecule has 1 atom stereocenters.